The molecule has 0 bridgehead atoms. The van der Waals surface area contributed by atoms with Gasteiger partial charge in [0.1, 0.15) is 17.0 Å². The lowest BCUT2D eigenvalue weighted by molar-refractivity contribution is 0.131. The summed E-state index contributed by atoms with van der Waals surface area (Å²) in [5.41, 5.74) is 3.34. The van der Waals surface area contributed by atoms with Gasteiger partial charge in [0, 0.05) is 74.2 Å². The molecule has 4 aromatic rings. The molecule has 0 aliphatic carbocycles. The Balaban J connectivity index is 1.39. The number of benzene rings is 2. The maximum Gasteiger partial charge on any atom is 0.227 e. The smallest absolute Gasteiger partial charge is 0.227 e. The number of hydrogen-bond acceptors (Lipinski definition) is 8. The van der Waals surface area contributed by atoms with Gasteiger partial charge in [0.05, 0.1) is 19.9 Å². The van der Waals surface area contributed by atoms with Crippen LogP contribution >= 0.6 is 0 Å². The van der Waals surface area contributed by atoms with Crippen molar-refractivity contribution in [2.75, 3.05) is 51.8 Å². The van der Waals surface area contributed by atoms with E-state index in [2.05, 4.69) is 43.2 Å². The van der Waals surface area contributed by atoms with Crippen molar-refractivity contribution in [3.05, 3.63) is 54.1 Å². The summed E-state index contributed by atoms with van der Waals surface area (Å²) in [6.07, 6.45) is 3.36. The molecule has 1 fully saturated rings. The number of hydrogen-bond donors (Lipinski definition) is 1. The molecule has 200 valence electrons. The molecule has 3 heterocycles. The average Bonchev–Trinajstić information content (AvgIpc) is 3.31. The SMILES string of the molecule is CCOc1cc(Nc2ncc(OC)c(-c3cc(F)c4nn(C)cc4c3)n2)ccc1CN1CCN(CC)CC1. The highest BCUT2D eigenvalue weighted by Gasteiger charge is 2.18. The summed E-state index contributed by atoms with van der Waals surface area (Å²) in [7, 11) is 3.31. The fourth-order valence-electron chi connectivity index (χ4n) is 4.82. The molecule has 0 unspecified atom stereocenters. The van der Waals surface area contributed by atoms with Gasteiger partial charge in [-0.1, -0.05) is 13.0 Å². The lowest BCUT2D eigenvalue weighted by Crippen LogP contribution is -2.45. The molecule has 1 N–H and O–H groups in total. The van der Waals surface area contributed by atoms with E-state index in [1.807, 2.05) is 25.1 Å². The van der Waals surface area contributed by atoms with Crippen molar-refractivity contribution in [1.29, 1.82) is 0 Å². The molecule has 0 spiro atoms. The molecular weight excluding hydrogens is 485 g/mol. The molecule has 0 atom stereocenters. The maximum atomic E-state index is 14.8. The third kappa shape index (κ3) is 5.56. The maximum absolute atomic E-state index is 14.8. The van der Waals surface area contributed by atoms with Gasteiger partial charge in [0.25, 0.3) is 0 Å². The van der Waals surface area contributed by atoms with Gasteiger partial charge in [0.2, 0.25) is 5.95 Å². The first kappa shape index (κ1) is 25.9. The van der Waals surface area contributed by atoms with Crippen molar-refractivity contribution < 1.29 is 13.9 Å². The zero-order valence-electron chi connectivity index (χ0n) is 22.4. The fraction of sp³-hybridized carbons (Fsp3) is 0.393. The van der Waals surface area contributed by atoms with Crippen LogP contribution in [0.15, 0.2) is 42.7 Å². The van der Waals surface area contributed by atoms with E-state index in [1.54, 1.807) is 31.2 Å². The lowest BCUT2D eigenvalue weighted by Gasteiger charge is -2.34. The number of halogens is 1. The lowest BCUT2D eigenvalue weighted by atomic mass is 10.1. The van der Waals surface area contributed by atoms with Crippen LogP contribution in [-0.4, -0.2) is 76.0 Å². The van der Waals surface area contributed by atoms with Crippen LogP contribution in [-0.2, 0) is 13.6 Å². The van der Waals surface area contributed by atoms with Crippen LogP contribution in [0.4, 0.5) is 16.0 Å². The topological polar surface area (TPSA) is 80.6 Å². The average molecular weight is 520 g/mol. The molecule has 0 amide bonds. The third-order valence-corrected chi connectivity index (χ3v) is 6.85. The summed E-state index contributed by atoms with van der Waals surface area (Å²) in [4.78, 5) is 14.0. The van der Waals surface area contributed by atoms with Crippen LogP contribution in [0.5, 0.6) is 11.5 Å². The van der Waals surface area contributed by atoms with E-state index in [1.165, 1.54) is 6.07 Å². The Morgan fingerprint density at radius 1 is 1.03 bits per heavy atom. The zero-order valence-corrected chi connectivity index (χ0v) is 22.4. The molecule has 38 heavy (non-hydrogen) atoms. The largest absolute Gasteiger partial charge is 0.493 e. The van der Waals surface area contributed by atoms with Crippen molar-refractivity contribution in [3.8, 4) is 22.8 Å². The van der Waals surface area contributed by atoms with Crippen molar-refractivity contribution >= 4 is 22.5 Å². The molecule has 1 saturated heterocycles. The van der Waals surface area contributed by atoms with Crippen LogP contribution in [0.1, 0.15) is 19.4 Å². The van der Waals surface area contributed by atoms with Crippen LogP contribution in [0.25, 0.3) is 22.2 Å². The Labute approximate surface area is 222 Å². The third-order valence-electron chi connectivity index (χ3n) is 6.85. The van der Waals surface area contributed by atoms with Crippen LogP contribution in [0, 0.1) is 5.82 Å². The first-order chi connectivity index (χ1) is 18.5. The molecule has 0 radical (unpaired) electrons. The van der Waals surface area contributed by atoms with Crippen molar-refractivity contribution in [1.82, 2.24) is 29.5 Å². The summed E-state index contributed by atoms with van der Waals surface area (Å²) in [5.74, 6) is 1.25. The minimum atomic E-state index is -0.415. The number of rotatable bonds is 9. The van der Waals surface area contributed by atoms with Gasteiger partial charge in [0.15, 0.2) is 11.6 Å². The van der Waals surface area contributed by atoms with Crippen molar-refractivity contribution in [3.63, 3.8) is 0 Å². The second-order valence-corrected chi connectivity index (χ2v) is 9.40. The number of piperazine rings is 1. The summed E-state index contributed by atoms with van der Waals surface area (Å²) >= 11 is 0. The summed E-state index contributed by atoms with van der Waals surface area (Å²) in [6, 6.07) is 9.36. The molecule has 10 heteroatoms. The standard InChI is InChI=1S/C28H34FN7O2/c1-5-35-9-11-36(12-10-35)18-19-7-8-22(15-24(19)38-6-2)31-28-30-16-25(37-4)27(32-28)20-13-21-17-34(3)33-26(21)23(29)14-20/h7-8,13-17H,5-6,9-12,18H2,1-4H3,(H,30,31,32). The molecule has 0 saturated carbocycles. The highest BCUT2D eigenvalue weighted by Crippen LogP contribution is 2.33. The number of anilines is 2. The quantitative estimate of drug-likeness (QED) is 0.347. The molecule has 9 nitrogen and oxygen atoms in total. The molecule has 2 aromatic heterocycles. The van der Waals surface area contributed by atoms with Crippen LogP contribution < -0.4 is 14.8 Å². The van der Waals surface area contributed by atoms with Gasteiger partial charge in [-0.2, -0.15) is 5.10 Å². The van der Waals surface area contributed by atoms with E-state index in [0.29, 0.717) is 40.5 Å². The number of nitrogens with one attached hydrogen (secondary N) is 1. The van der Waals surface area contributed by atoms with Gasteiger partial charge in [-0.15, -0.1) is 0 Å². The van der Waals surface area contributed by atoms with E-state index in [9.17, 15) is 4.39 Å². The number of ether oxygens (including phenoxy) is 2. The van der Waals surface area contributed by atoms with Crippen LogP contribution in [0.3, 0.4) is 0 Å². The number of nitrogens with zero attached hydrogens (tertiary/aromatic N) is 6. The first-order valence-electron chi connectivity index (χ1n) is 13.0. The predicted molar refractivity (Wildman–Crippen MR) is 147 cm³/mol. The minimum absolute atomic E-state index is 0.318. The number of aromatic nitrogens is 4. The van der Waals surface area contributed by atoms with E-state index in [-0.39, 0.29) is 0 Å². The Hall–Kier alpha value is -3.76. The Morgan fingerprint density at radius 3 is 2.55 bits per heavy atom. The molecule has 2 aromatic carbocycles. The van der Waals surface area contributed by atoms with E-state index in [0.717, 1.165) is 56.3 Å². The van der Waals surface area contributed by atoms with Gasteiger partial charge in [-0.25, -0.2) is 14.4 Å². The summed E-state index contributed by atoms with van der Waals surface area (Å²) in [6.45, 7) is 11.0. The van der Waals surface area contributed by atoms with E-state index >= 15 is 0 Å². The van der Waals surface area contributed by atoms with Gasteiger partial charge in [-0.05, 0) is 31.7 Å². The zero-order chi connectivity index (χ0) is 26.6. The van der Waals surface area contributed by atoms with E-state index < -0.39 is 5.82 Å². The second-order valence-electron chi connectivity index (χ2n) is 9.40. The van der Waals surface area contributed by atoms with Crippen molar-refractivity contribution in [2.45, 2.75) is 20.4 Å². The number of likely N-dealkylation sites (N-methyl/N-ethyl adjacent to an activating group) is 1. The number of methoxy groups -OCH3 is 1. The fourth-order valence-corrected chi connectivity index (χ4v) is 4.82. The molecule has 1 aliphatic heterocycles. The van der Waals surface area contributed by atoms with E-state index in [4.69, 9.17) is 9.47 Å². The van der Waals surface area contributed by atoms with Gasteiger partial charge in [-0.3, -0.25) is 9.58 Å². The van der Waals surface area contributed by atoms with Gasteiger partial charge < -0.3 is 19.7 Å². The monoisotopic (exact) mass is 519 g/mol. The first-order valence-corrected chi connectivity index (χ1v) is 13.0. The molecule has 1 aliphatic rings. The highest BCUT2D eigenvalue weighted by atomic mass is 19.1. The predicted octanol–water partition coefficient (Wildman–Crippen LogP) is 4.46. The van der Waals surface area contributed by atoms with Crippen LogP contribution in [0.2, 0.25) is 0 Å². The highest BCUT2D eigenvalue weighted by molar-refractivity contribution is 5.85. The second kappa shape index (κ2) is 11.3. The number of aryl methyl sites for hydroxylation is 1. The summed E-state index contributed by atoms with van der Waals surface area (Å²) < 4.78 is 27.9. The molecule has 5 rings (SSSR count). The number of fused-ring (bicyclic) bond motifs is 1. The Kier molecular flexibility index (Phi) is 7.71. The summed E-state index contributed by atoms with van der Waals surface area (Å²) in [5, 5.41) is 8.15. The Morgan fingerprint density at radius 2 is 1.82 bits per heavy atom. The molecular formula is C28H34FN7O2. The van der Waals surface area contributed by atoms with Gasteiger partial charge >= 0.3 is 0 Å². The van der Waals surface area contributed by atoms with Crippen molar-refractivity contribution in [2.24, 2.45) is 7.05 Å². The normalized spacial score (nSPS) is 14.7. The minimum Gasteiger partial charge on any atom is -0.493 e. The Bertz CT molecular complexity index is 1420.